The Balaban J connectivity index is 1.49. The number of anilines is 1. The molecular formula is C26H24ClN5O2. The minimum absolute atomic E-state index is 0.0317. The predicted octanol–water partition coefficient (Wildman–Crippen LogP) is 4.30. The number of nitrogens with zero attached hydrogens (tertiary/aromatic N) is 5. The molecule has 4 aromatic rings. The lowest BCUT2D eigenvalue weighted by atomic mass is 9.91. The lowest BCUT2D eigenvalue weighted by molar-refractivity contribution is 0.414. The highest BCUT2D eigenvalue weighted by atomic mass is 35.5. The first-order chi connectivity index (χ1) is 16.5. The third-order valence-corrected chi connectivity index (χ3v) is 6.25. The van der Waals surface area contributed by atoms with E-state index >= 15 is 0 Å². The van der Waals surface area contributed by atoms with Gasteiger partial charge in [-0.05, 0) is 41.0 Å². The van der Waals surface area contributed by atoms with E-state index in [2.05, 4.69) is 17.2 Å². The second kappa shape index (κ2) is 9.19. The van der Waals surface area contributed by atoms with Crippen molar-refractivity contribution in [2.24, 2.45) is 12.1 Å². The maximum Gasteiger partial charge on any atom is 0.347 e. The molecule has 34 heavy (non-hydrogen) atoms. The molecule has 0 radical (unpaired) electrons. The van der Waals surface area contributed by atoms with Crippen LogP contribution in [0.15, 0.2) is 88.8 Å². The van der Waals surface area contributed by atoms with E-state index in [0.29, 0.717) is 24.1 Å². The molecule has 172 valence electrons. The molecule has 1 aliphatic rings. The van der Waals surface area contributed by atoms with Gasteiger partial charge in [0.05, 0.1) is 25.9 Å². The number of aromatic nitrogens is 3. The summed E-state index contributed by atoms with van der Waals surface area (Å²) in [7, 11) is 3.35. The van der Waals surface area contributed by atoms with E-state index in [4.69, 9.17) is 21.4 Å². The van der Waals surface area contributed by atoms with Gasteiger partial charge in [-0.1, -0.05) is 66.2 Å². The van der Waals surface area contributed by atoms with Crippen LogP contribution < -0.4 is 15.4 Å². The summed E-state index contributed by atoms with van der Waals surface area (Å²) in [6.45, 7) is 0.940. The van der Waals surface area contributed by atoms with Crippen LogP contribution in [-0.4, -0.2) is 33.7 Å². The Morgan fingerprint density at radius 3 is 2.38 bits per heavy atom. The highest BCUT2D eigenvalue weighted by Crippen LogP contribution is 2.31. The molecule has 0 unspecified atom stereocenters. The summed E-state index contributed by atoms with van der Waals surface area (Å²) >= 11 is 6.11. The van der Waals surface area contributed by atoms with Crippen molar-refractivity contribution in [3.8, 4) is 5.75 Å². The van der Waals surface area contributed by atoms with Crippen molar-refractivity contribution in [3.63, 3.8) is 0 Å². The Bertz CT molecular complexity index is 1380. The van der Waals surface area contributed by atoms with Crippen molar-refractivity contribution < 1.29 is 4.74 Å². The number of ether oxygens (including phenoxy) is 1. The zero-order valence-electron chi connectivity index (χ0n) is 18.9. The van der Waals surface area contributed by atoms with Crippen LogP contribution in [0.5, 0.6) is 5.75 Å². The lowest BCUT2D eigenvalue weighted by Gasteiger charge is -2.15. The molecule has 1 aromatic heterocycles. The molecule has 0 fully saturated rings. The van der Waals surface area contributed by atoms with Crippen LogP contribution in [0.25, 0.3) is 0 Å². The fourth-order valence-electron chi connectivity index (χ4n) is 4.16. The predicted molar refractivity (Wildman–Crippen MR) is 134 cm³/mol. The molecule has 0 saturated carbocycles. The van der Waals surface area contributed by atoms with Gasteiger partial charge in [0.1, 0.15) is 5.75 Å². The second-order valence-corrected chi connectivity index (χ2v) is 8.62. The normalized spacial score (nSPS) is 15.4. The maximum absolute atomic E-state index is 13.0. The third kappa shape index (κ3) is 4.22. The van der Waals surface area contributed by atoms with Crippen molar-refractivity contribution in [1.82, 2.24) is 14.3 Å². The van der Waals surface area contributed by atoms with Gasteiger partial charge in [-0.15, -0.1) is 5.10 Å². The number of rotatable bonds is 6. The molecule has 1 atom stereocenters. The van der Waals surface area contributed by atoms with Gasteiger partial charge >= 0.3 is 5.69 Å². The standard InChI is InChI=1S/C26H24ClN5O2/c1-30-25(29-32(26(30)33)16-18-8-14-22(34-2)15-9-18)31-17-23(19-6-4-3-5-7-19)24(28-31)20-10-12-21(27)13-11-20/h3-15,23H,16-17H2,1-2H3/t23-/m1/s1. The fraction of sp³-hybridized carbons (Fsp3) is 0.192. The third-order valence-electron chi connectivity index (χ3n) is 6.00. The van der Waals surface area contributed by atoms with Gasteiger partial charge in [-0.25, -0.2) is 14.5 Å². The highest BCUT2D eigenvalue weighted by molar-refractivity contribution is 6.30. The van der Waals surface area contributed by atoms with Crippen LogP contribution in [0.1, 0.15) is 22.6 Å². The van der Waals surface area contributed by atoms with Gasteiger partial charge < -0.3 is 4.74 Å². The average Bonchev–Trinajstić information content (AvgIpc) is 3.43. The van der Waals surface area contributed by atoms with E-state index in [1.165, 1.54) is 4.68 Å². The Morgan fingerprint density at radius 1 is 1.00 bits per heavy atom. The van der Waals surface area contributed by atoms with E-state index < -0.39 is 0 Å². The summed E-state index contributed by atoms with van der Waals surface area (Å²) in [5, 5.41) is 12.0. The van der Waals surface area contributed by atoms with Crippen LogP contribution in [-0.2, 0) is 13.6 Å². The SMILES string of the molecule is COc1ccc(Cn2nc(N3C[C@H](c4ccccc4)C(c4ccc(Cl)cc4)=N3)n(C)c2=O)cc1. The second-order valence-electron chi connectivity index (χ2n) is 8.18. The Kier molecular flexibility index (Phi) is 5.94. The number of halogens is 1. The van der Waals surface area contributed by atoms with Crippen LogP contribution in [0.4, 0.5) is 5.95 Å². The molecule has 0 saturated heterocycles. The Labute approximate surface area is 202 Å². The van der Waals surface area contributed by atoms with Crippen LogP contribution in [0.2, 0.25) is 5.02 Å². The van der Waals surface area contributed by atoms with Crippen molar-refractivity contribution in [3.05, 3.63) is 111 Å². The summed E-state index contributed by atoms with van der Waals surface area (Å²) in [5.74, 6) is 1.30. The quantitative estimate of drug-likeness (QED) is 0.419. The summed E-state index contributed by atoms with van der Waals surface area (Å²) in [6.07, 6.45) is 0. The molecular weight excluding hydrogens is 450 g/mol. The molecule has 2 heterocycles. The number of methoxy groups -OCH3 is 1. The van der Waals surface area contributed by atoms with Crippen molar-refractivity contribution in [1.29, 1.82) is 0 Å². The van der Waals surface area contributed by atoms with E-state index in [1.807, 2.05) is 71.7 Å². The Morgan fingerprint density at radius 2 is 1.71 bits per heavy atom. The van der Waals surface area contributed by atoms with Gasteiger partial charge in [0.2, 0.25) is 5.95 Å². The van der Waals surface area contributed by atoms with E-state index in [9.17, 15) is 4.79 Å². The van der Waals surface area contributed by atoms with Crippen LogP contribution >= 0.6 is 11.6 Å². The van der Waals surface area contributed by atoms with Gasteiger partial charge in [0, 0.05) is 18.0 Å². The summed E-state index contributed by atoms with van der Waals surface area (Å²) in [4.78, 5) is 13.0. The first kappa shape index (κ1) is 22.0. The summed E-state index contributed by atoms with van der Waals surface area (Å²) in [6, 6.07) is 25.5. The molecule has 0 amide bonds. The van der Waals surface area contributed by atoms with Gasteiger partial charge in [-0.2, -0.15) is 5.10 Å². The van der Waals surface area contributed by atoms with Gasteiger partial charge in [0.25, 0.3) is 0 Å². The van der Waals surface area contributed by atoms with E-state index in [1.54, 1.807) is 18.7 Å². The molecule has 5 rings (SSSR count). The topological polar surface area (TPSA) is 64.7 Å². The number of hydrogen-bond acceptors (Lipinski definition) is 5. The molecule has 7 nitrogen and oxygen atoms in total. The maximum atomic E-state index is 13.0. The molecule has 3 aromatic carbocycles. The van der Waals surface area contributed by atoms with Gasteiger partial charge in [-0.3, -0.25) is 4.57 Å². The fourth-order valence-corrected chi connectivity index (χ4v) is 4.29. The van der Waals surface area contributed by atoms with Crippen molar-refractivity contribution in [2.75, 3.05) is 18.7 Å². The largest absolute Gasteiger partial charge is 0.497 e. The van der Waals surface area contributed by atoms with Crippen molar-refractivity contribution in [2.45, 2.75) is 12.5 Å². The van der Waals surface area contributed by atoms with Crippen LogP contribution in [0, 0.1) is 0 Å². The van der Waals surface area contributed by atoms with Crippen molar-refractivity contribution >= 4 is 23.3 Å². The zero-order chi connectivity index (χ0) is 23.7. The summed E-state index contributed by atoms with van der Waals surface area (Å²) in [5.41, 5.74) is 3.82. The molecule has 0 bridgehead atoms. The molecule has 0 aliphatic carbocycles. The van der Waals surface area contributed by atoms with Crippen LogP contribution in [0.3, 0.4) is 0 Å². The molecule has 0 N–H and O–H groups in total. The average molecular weight is 474 g/mol. The number of benzene rings is 3. The number of hydrazone groups is 1. The summed E-state index contributed by atoms with van der Waals surface area (Å²) < 4.78 is 8.22. The highest BCUT2D eigenvalue weighted by Gasteiger charge is 2.32. The minimum Gasteiger partial charge on any atom is -0.497 e. The first-order valence-corrected chi connectivity index (χ1v) is 11.3. The monoisotopic (exact) mass is 473 g/mol. The molecule has 8 heteroatoms. The lowest BCUT2D eigenvalue weighted by Crippen LogP contribution is -2.25. The first-order valence-electron chi connectivity index (χ1n) is 11.0. The smallest absolute Gasteiger partial charge is 0.347 e. The van der Waals surface area contributed by atoms with E-state index in [-0.39, 0.29) is 11.6 Å². The van der Waals surface area contributed by atoms with Gasteiger partial charge in [0.15, 0.2) is 0 Å². The number of hydrogen-bond donors (Lipinski definition) is 0. The zero-order valence-corrected chi connectivity index (χ0v) is 19.7. The molecule has 1 aliphatic heterocycles. The minimum atomic E-state index is -0.197. The van der Waals surface area contributed by atoms with E-state index in [0.717, 1.165) is 28.2 Å². The Hall–Kier alpha value is -3.84. The molecule has 0 spiro atoms.